The highest BCUT2D eigenvalue weighted by atomic mass is 16.4. The molecule has 1 rings (SSSR count). The topological polar surface area (TPSA) is 354 Å². The van der Waals surface area contributed by atoms with E-state index < -0.39 is 127 Å². The van der Waals surface area contributed by atoms with Crippen molar-refractivity contribution >= 4 is 53.2 Å². The molecule has 1 fully saturated rings. The molecule has 22 nitrogen and oxygen atoms in total. The number of hydrogen-bond acceptors (Lipinski definition) is 13. The molecule has 8 amide bonds. The van der Waals surface area contributed by atoms with Crippen molar-refractivity contribution in [1.82, 2.24) is 42.1 Å². The van der Waals surface area contributed by atoms with E-state index >= 15 is 0 Å². The van der Waals surface area contributed by atoms with Gasteiger partial charge in [0.05, 0.1) is 25.8 Å². The van der Waals surface area contributed by atoms with Crippen LogP contribution in [0.5, 0.6) is 0 Å². The van der Waals surface area contributed by atoms with E-state index in [0.29, 0.717) is 38.6 Å². The summed E-state index contributed by atoms with van der Waals surface area (Å²) in [4.78, 5) is 120. The molecule has 1 aliphatic rings. The van der Waals surface area contributed by atoms with Crippen molar-refractivity contribution < 1.29 is 58.5 Å². The fourth-order valence-electron chi connectivity index (χ4n) is 7.17. The predicted octanol–water partition coefficient (Wildman–Crippen LogP) is -2.29. The number of nitrogens with one attached hydrogen (secondary N) is 7. The Kier molecular flexibility index (Phi) is 26.4. The van der Waals surface area contributed by atoms with Crippen molar-refractivity contribution in [2.75, 3.05) is 32.8 Å². The minimum atomic E-state index is -1.66. The standard InChI is InChI=1S/C43H78N10O12/c1-9-26(8)35(42(63)53-16-12-14-33(53)41(62)46-20-34(56)47-30(43(64)65)19-25(6)7)52-38(59)29(18-24(4)5)49-39(60)31(21-54)51-40(61)32(22-55)50-37(58)28(17-23(2)3)48-36(57)27(45)13-10-11-15-44/h23-33,35,54-55H,9-22,44-45H2,1-8H3,(H,46,62)(H,47,56)(H,48,57)(H,49,60)(H,50,58)(H,51,61)(H,52,59)(H,64,65)/t26-,27-,28-,29-,30-,31-,32-,33-,35-/m0/s1. The van der Waals surface area contributed by atoms with Gasteiger partial charge in [-0.1, -0.05) is 68.2 Å². The molecule has 372 valence electrons. The third-order valence-electron chi connectivity index (χ3n) is 11.0. The van der Waals surface area contributed by atoms with Gasteiger partial charge in [0, 0.05) is 6.54 Å². The Morgan fingerprint density at radius 2 is 1.11 bits per heavy atom. The summed E-state index contributed by atoms with van der Waals surface area (Å²) in [5.74, 6) is -7.99. The Balaban J connectivity index is 3.13. The largest absolute Gasteiger partial charge is 0.480 e. The number of carbonyl (C=O) groups is 9. The van der Waals surface area contributed by atoms with E-state index in [0.717, 1.165) is 0 Å². The van der Waals surface area contributed by atoms with Gasteiger partial charge in [-0.25, -0.2) is 4.79 Å². The van der Waals surface area contributed by atoms with Crippen LogP contribution in [0.2, 0.25) is 0 Å². The number of unbranched alkanes of at least 4 members (excludes halogenated alkanes) is 1. The molecule has 0 aromatic rings. The van der Waals surface area contributed by atoms with Crippen LogP contribution in [0.25, 0.3) is 0 Å². The number of aliphatic hydroxyl groups is 2. The fraction of sp³-hybridized carbons (Fsp3) is 0.791. The number of amides is 8. The lowest BCUT2D eigenvalue weighted by Gasteiger charge is -2.32. The van der Waals surface area contributed by atoms with E-state index in [1.807, 2.05) is 27.7 Å². The summed E-state index contributed by atoms with van der Waals surface area (Å²) in [6.45, 7) is 12.6. The fourth-order valence-corrected chi connectivity index (χ4v) is 7.17. The molecule has 1 heterocycles. The first-order valence-electron chi connectivity index (χ1n) is 22.8. The van der Waals surface area contributed by atoms with Gasteiger partial charge in [0.25, 0.3) is 0 Å². The molecular formula is C43H78N10O12. The Morgan fingerprint density at radius 3 is 1.57 bits per heavy atom. The number of nitrogens with zero attached hydrogens (tertiary/aromatic N) is 1. The third-order valence-corrected chi connectivity index (χ3v) is 11.0. The van der Waals surface area contributed by atoms with Gasteiger partial charge in [-0.05, 0) is 75.2 Å². The van der Waals surface area contributed by atoms with Crippen molar-refractivity contribution in [1.29, 1.82) is 0 Å². The summed E-state index contributed by atoms with van der Waals surface area (Å²) in [5.41, 5.74) is 11.5. The first-order valence-corrected chi connectivity index (χ1v) is 22.8. The maximum atomic E-state index is 14.1. The molecule has 1 saturated heterocycles. The molecule has 0 bridgehead atoms. The van der Waals surface area contributed by atoms with Crippen molar-refractivity contribution in [3.8, 4) is 0 Å². The van der Waals surface area contributed by atoms with Crippen molar-refractivity contribution in [2.24, 2.45) is 35.1 Å². The van der Waals surface area contributed by atoms with Gasteiger partial charge in [-0.3, -0.25) is 38.4 Å². The Bertz CT molecular complexity index is 1600. The van der Waals surface area contributed by atoms with Gasteiger partial charge in [0.1, 0.15) is 42.3 Å². The second-order valence-corrected chi connectivity index (χ2v) is 18.1. The van der Waals surface area contributed by atoms with E-state index in [1.54, 1.807) is 27.7 Å². The van der Waals surface area contributed by atoms with E-state index in [-0.39, 0.29) is 50.0 Å². The number of carboxylic acid groups (broad SMARTS) is 1. The normalized spacial score (nSPS) is 17.5. The molecule has 1 aliphatic heterocycles. The van der Waals surface area contributed by atoms with E-state index in [9.17, 15) is 58.5 Å². The van der Waals surface area contributed by atoms with Crippen LogP contribution in [0, 0.1) is 23.7 Å². The van der Waals surface area contributed by atoms with Crippen LogP contribution in [0.1, 0.15) is 113 Å². The molecule has 14 N–H and O–H groups in total. The molecule has 0 saturated carbocycles. The predicted molar refractivity (Wildman–Crippen MR) is 240 cm³/mol. The first-order chi connectivity index (χ1) is 30.5. The summed E-state index contributed by atoms with van der Waals surface area (Å²) in [6, 6.07) is -9.84. The number of rotatable bonds is 30. The van der Waals surface area contributed by atoms with Crippen LogP contribution in [-0.4, -0.2) is 155 Å². The molecule has 0 aliphatic carbocycles. The second-order valence-electron chi connectivity index (χ2n) is 18.1. The summed E-state index contributed by atoms with van der Waals surface area (Å²) in [5, 5.41) is 47.2. The number of likely N-dealkylation sites (tertiary alicyclic amines) is 1. The molecule has 0 aromatic carbocycles. The Hall–Kier alpha value is -4.93. The molecule has 9 atom stereocenters. The maximum absolute atomic E-state index is 14.1. The molecule has 65 heavy (non-hydrogen) atoms. The average molecular weight is 927 g/mol. The van der Waals surface area contributed by atoms with Gasteiger partial charge < -0.3 is 68.9 Å². The van der Waals surface area contributed by atoms with Crippen LogP contribution in [0.3, 0.4) is 0 Å². The van der Waals surface area contributed by atoms with Crippen LogP contribution in [0.15, 0.2) is 0 Å². The molecule has 0 unspecified atom stereocenters. The highest BCUT2D eigenvalue weighted by Crippen LogP contribution is 2.22. The lowest BCUT2D eigenvalue weighted by Crippen LogP contribution is -2.61. The van der Waals surface area contributed by atoms with E-state index in [1.165, 1.54) is 4.90 Å². The lowest BCUT2D eigenvalue weighted by atomic mass is 9.96. The van der Waals surface area contributed by atoms with Gasteiger partial charge in [-0.15, -0.1) is 0 Å². The van der Waals surface area contributed by atoms with Crippen molar-refractivity contribution in [3.63, 3.8) is 0 Å². The number of carbonyl (C=O) groups excluding carboxylic acids is 8. The zero-order valence-electron chi connectivity index (χ0n) is 39.4. The van der Waals surface area contributed by atoms with Gasteiger partial charge in [-0.2, -0.15) is 0 Å². The minimum absolute atomic E-state index is 0.0154. The molecular weight excluding hydrogens is 849 g/mol. The number of aliphatic carboxylic acids is 1. The molecule has 0 spiro atoms. The summed E-state index contributed by atoms with van der Waals surface area (Å²) >= 11 is 0. The smallest absolute Gasteiger partial charge is 0.326 e. The first kappa shape index (κ1) is 58.1. The summed E-state index contributed by atoms with van der Waals surface area (Å²) < 4.78 is 0. The highest BCUT2D eigenvalue weighted by Gasteiger charge is 2.41. The zero-order valence-corrected chi connectivity index (χ0v) is 39.4. The van der Waals surface area contributed by atoms with Crippen molar-refractivity contribution in [3.05, 3.63) is 0 Å². The Labute approximate surface area is 382 Å². The summed E-state index contributed by atoms with van der Waals surface area (Å²) in [7, 11) is 0. The zero-order chi connectivity index (χ0) is 49.6. The third kappa shape index (κ3) is 20.4. The van der Waals surface area contributed by atoms with Crippen LogP contribution in [0.4, 0.5) is 0 Å². The summed E-state index contributed by atoms with van der Waals surface area (Å²) in [6.07, 6.45) is 3.18. The van der Waals surface area contributed by atoms with Gasteiger partial charge in [0.2, 0.25) is 47.3 Å². The highest BCUT2D eigenvalue weighted by molar-refractivity contribution is 5.98. The number of hydrogen-bond donors (Lipinski definition) is 12. The van der Waals surface area contributed by atoms with Crippen molar-refractivity contribution in [2.45, 2.75) is 162 Å². The van der Waals surface area contributed by atoms with Crippen LogP contribution < -0.4 is 48.7 Å². The van der Waals surface area contributed by atoms with E-state index in [4.69, 9.17) is 11.5 Å². The molecule has 22 heteroatoms. The van der Waals surface area contributed by atoms with Crippen LogP contribution in [-0.2, 0) is 43.2 Å². The Morgan fingerprint density at radius 1 is 0.646 bits per heavy atom. The van der Waals surface area contributed by atoms with E-state index in [2.05, 4.69) is 37.2 Å². The SMILES string of the molecule is CC[C@H](C)[C@H](NC(=O)[C@H](CC(C)C)NC(=O)[C@H](CO)NC(=O)[C@H](CO)NC(=O)[C@H](CC(C)C)NC(=O)[C@@H](N)CCCCN)C(=O)N1CCC[C@H]1C(=O)NCC(=O)N[C@@H](CC(C)C)C(=O)O. The number of nitrogens with two attached hydrogens (primary N) is 2. The molecule has 0 radical (unpaired) electrons. The number of aliphatic hydroxyl groups excluding tert-OH is 2. The average Bonchev–Trinajstić information content (AvgIpc) is 3.74. The maximum Gasteiger partial charge on any atom is 0.326 e. The lowest BCUT2D eigenvalue weighted by molar-refractivity contribution is -0.143. The second kappa shape index (κ2) is 29.6. The monoisotopic (exact) mass is 927 g/mol. The quantitative estimate of drug-likeness (QED) is 0.0338. The number of carboxylic acids is 1. The minimum Gasteiger partial charge on any atom is -0.480 e. The van der Waals surface area contributed by atoms with Crippen LogP contribution >= 0.6 is 0 Å². The van der Waals surface area contributed by atoms with Gasteiger partial charge in [0.15, 0.2) is 0 Å². The van der Waals surface area contributed by atoms with Gasteiger partial charge >= 0.3 is 5.97 Å². The molecule has 0 aromatic heterocycles.